The van der Waals surface area contributed by atoms with Crippen LogP contribution in [0.4, 0.5) is 0 Å². The van der Waals surface area contributed by atoms with Crippen molar-refractivity contribution in [3.63, 3.8) is 0 Å². The first kappa shape index (κ1) is 16.5. The second-order valence-corrected chi connectivity index (χ2v) is 4.68. The first-order chi connectivity index (χ1) is 9.49. The van der Waals surface area contributed by atoms with Crippen molar-refractivity contribution in [3.05, 3.63) is 29.3 Å². The molecule has 0 aliphatic carbocycles. The Kier molecular flexibility index (Phi) is 6.48. The number of likely N-dealkylation sites (N-methyl/N-ethyl adjacent to an activating group) is 1. The predicted molar refractivity (Wildman–Crippen MR) is 77.0 cm³/mol. The summed E-state index contributed by atoms with van der Waals surface area (Å²) in [5.41, 5.74) is 1.62. The molecule has 2 unspecified atom stereocenters. The Morgan fingerprint density at radius 3 is 2.65 bits per heavy atom. The summed E-state index contributed by atoms with van der Waals surface area (Å²) in [5, 5.41) is 22.5. The van der Waals surface area contributed by atoms with E-state index in [1.165, 1.54) is 0 Å². The highest BCUT2D eigenvalue weighted by atomic mass is 16.5. The van der Waals surface area contributed by atoms with Gasteiger partial charge in [0.15, 0.2) is 0 Å². The van der Waals surface area contributed by atoms with E-state index in [4.69, 9.17) is 9.84 Å². The van der Waals surface area contributed by atoms with E-state index < -0.39 is 18.1 Å². The van der Waals surface area contributed by atoms with Gasteiger partial charge in [-0.3, -0.25) is 4.79 Å². The average molecular weight is 281 g/mol. The first-order valence-electron chi connectivity index (χ1n) is 6.86. The van der Waals surface area contributed by atoms with Crippen LogP contribution in [0.5, 0.6) is 5.75 Å². The Morgan fingerprint density at radius 2 is 2.10 bits per heavy atom. The molecular formula is C15H23NO4. The number of aryl methyl sites for hydroxylation is 1. The van der Waals surface area contributed by atoms with E-state index in [9.17, 15) is 9.90 Å². The summed E-state index contributed by atoms with van der Waals surface area (Å²) in [6.07, 6.45) is -1.07. The van der Waals surface area contributed by atoms with Crippen LogP contribution in [0.25, 0.3) is 0 Å². The lowest BCUT2D eigenvalue weighted by Gasteiger charge is -2.24. The third kappa shape index (κ3) is 4.51. The number of benzene rings is 1. The lowest BCUT2D eigenvalue weighted by atomic mass is 9.97. The number of aliphatic hydroxyl groups excluding tert-OH is 1. The molecule has 1 aromatic rings. The van der Waals surface area contributed by atoms with Gasteiger partial charge in [0.1, 0.15) is 5.75 Å². The number of aliphatic hydroxyl groups is 1. The Balaban J connectivity index is 3.05. The molecule has 0 aliphatic rings. The molecule has 3 N–H and O–H groups in total. The lowest BCUT2D eigenvalue weighted by molar-refractivity contribution is -0.138. The number of carboxylic acid groups (broad SMARTS) is 1. The molecule has 0 fully saturated rings. The van der Waals surface area contributed by atoms with Crippen LogP contribution in [-0.2, 0) is 4.79 Å². The van der Waals surface area contributed by atoms with Gasteiger partial charge < -0.3 is 20.3 Å². The van der Waals surface area contributed by atoms with Crippen molar-refractivity contribution in [3.8, 4) is 5.75 Å². The zero-order chi connectivity index (χ0) is 15.1. The van der Waals surface area contributed by atoms with Gasteiger partial charge in [-0.15, -0.1) is 0 Å². The van der Waals surface area contributed by atoms with Crippen molar-refractivity contribution in [1.82, 2.24) is 5.32 Å². The number of hydrogen-bond acceptors (Lipinski definition) is 4. The standard InChI is InChI=1S/C15H23NO4/c1-4-16-12(9-14(17)18)15(19)11-8-10(3)6-7-13(11)20-5-2/h6-8,12,15-16,19H,4-5,9H2,1-3H3,(H,17,18). The minimum absolute atomic E-state index is 0.144. The molecule has 0 saturated heterocycles. The molecule has 0 radical (unpaired) electrons. The second-order valence-electron chi connectivity index (χ2n) is 4.68. The molecule has 112 valence electrons. The van der Waals surface area contributed by atoms with Crippen molar-refractivity contribution in [2.45, 2.75) is 39.3 Å². The summed E-state index contributed by atoms with van der Waals surface area (Å²) in [5.74, 6) is -0.348. The summed E-state index contributed by atoms with van der Waals surface area (Å²) >= 11 is 0. The maximum atomic E-state index is 10.9. The molecule has 1 aromatic carbocycles. The van der Waals surface area contributed by atoms with Gasteiger partial charge in [-0.2, -0.15) is 0 Å². The molecule has 0 amide bonds. The molecule has 0 bridgehead atoms. The highest BCUT2D eigenvalue weighted by molar-refractivity contribution is 5.67. The smallest absolute Gasteiger partial charge is 0.305 e. The van der Waals surface area contributed by atoms with E-state index in [0.29, 0.717) is 24.5 Å². The maximum Gasteiger partial charge on any atom is 0.305 e. The van der Waals surface area contributed by atoms with Crippen LogP contribution in [0.1, 0.15) is 37.5 Å². The predicted octanol–water partition coefficient (Wildman–Crippen LogP) is 1.88. The number of aliphatic carboxylic acids is 1. The lowest BCUT2D eigenvalue weighted by Crippen LogP contribution is -2.37. The van der Waals surface area contributed by atoms with Crippen LogP contribution in [-0.4, -0.2) is 35.4 Å². The van der Waals surface area contributed by atoms with E-state index in [-0.39, 0.29) is 6.42 Å². The van der Waals surface area contributed by atoms with Crippen molar-refractivity contribution in [2.24, 2.45) is 0 Å². The molecule has 0 aromatic heterocycles. The summed E-state index contributed by atoms with van der Waals surface area (Å²) in [6, 6.07) is 5.00. The number of carbonyl (C=O) groups is 1. The van der Waals surface area contributed by atoms with Gasteiger partial charge in [-0.25, -0.2) is 0 Å². The Bertz CT molecular complexity index is 447. The maximum absolute atomic E-state index is 10.9. The third-order valence-corrected chi connectivity index (χ3v) is 3.03. The van der Waals surface area contributed by atoms with E-state index in [0.717, 1.165) is 5.56 Å². The monoisotopic (exact) mass is 281 g/mol. The van der Waals surface area contributed by atoms with Crippen molar-refractivity contribution >= 4 is 5.97 Å². The SMILES string of the molecule is CCNC(CC(=O)O)C(O)c1cc(C)ccc1OCC. The van der Waals surface area contributed by atoms with E-state index >= 15 is 0 Å². The number of nitrogens with one attached hydrogen (secondary N) is 1. The normalized spacial score (nSPS) is 13.8. The third-order valence-electron chi connectivity index (χ3n) is 3.03. The molecule has 0 saturated carbocycles. The Labute approximate surface area is 119 Å². The number of carboxylic acids is 1. The number of ether oxygens (including phenoxy) is 1. The van der Waals surface area contributed by atoms with Gasteiger partial charge in [-0.05, 0) is 32.5 Å². The van der Waals surface area contributed by atoms with Gasteiger partial charge in [0.25, 0.3) is 0 Å². The summed E-state index contributed by atoms with van der Waals surface area (Å²) < 4.78 is 5.51. The van der Waals surface area contributed by atoms with Crippen molar-refractivity contribution < 1.29 is 19.7 Å². The highest BCUT2D eigenvalue weighted by Crippen LogP contribution is 2.29. The largest absolute Gasteiger partial charge is 0.493 e. The minimum Gasteiger partial charge on any atom is -0.493 e. The molecular weight excluding hydrogens is 258 g/mol. The van der Waals surface area contributed by atoms with Gasteiger partial charge in [0, 0.05) is 11.6 Å². The summed E-state index contributed by atoms with van der Waals surface area (Å²) in [7, 11) is 0. The topological polar surface area (TPSA) is 78.8 Å². The molecule has 5 heteroatoms. The molecule has 0 aliphatic heterocycles. The minimum atomic E-state index is -0.944. The number of rotatable bonds is 8. The molecule has 2 atom stereocenters. The summed E-state index contributed by atoms with van der Waals surface area (Å²) in [4.78, 5) is 10.9. The fourth-order valence-electron chi connectivity index (χ4n) is 2.15. The van der Waals surface area contributed by atoms with E-state index in [2.05, 4.69) is 5.32 Å². The molecule has 1 rings (SSSR count). The number of hydrogen-bond donors (Lipinski definition) is 3. The van der Waals surface area contributed by atoms with Gasteiger partial charge in [0.2, 0.25) is 0 Å². The Hall–Kier alpha value is -1.59. The van der Waals surface area contributed by atoms with Gasteiger partial charge in [-0.1, -0.05) is 18.6 Å². The molecule has 20 heavy (non-hydrogen) atoms. The van der Waals surface area contributed by atoms with Gasteiger partial charge >= 0.3 is 5.97 Å². The van der Waals surface area contributed by atoms with Crippen LogP contribution in [0.15, 0.2) is 18.2 Å². The van der Waals surface area contributed by atoms with Crippen LogP contribution < -0.4 is 10.1 Å². The molecule has 5 nitrogen and oxygen atoms in total. The van der Waals surface area contributed by atoms with Crippen LogP contribution in [0.2, 0.25) is 0 Å². The zero-order valence-corrected chi connectivity index (χ0v) is 12.2. The Morgan fingerprint density at radius 1 is 1.40 bits per heavy atom. The average Bonchev–Trinajstić information content (AvgIpc) is 2.39. The summed E-state index contributed by atoms with van der Waals surface area (Å²) in [6.45, 7) is 6.75. The van der Waals surface area contributed by atoms with Gasteiger partial charge in [0.05, 0.1) is 19.1 Å². The zero-order valence-electron chi connectivity index (χ0n) is 12.2. The van der Waals surface area contributed by atoms with Crippen molar-refractivity contribution in [2.75, 3.05) is 13.2 Å². The van der Waals surface area contributed by atoms with E-state index in [1.807, 2.05) is 32.9 Å². The van der Waals surface area contributed by atoms with Crippen molar-refractivity contribution in [1.29, 1.82) is 0 Å². The highest BCUT2D eigenvalue weighted by Gasteiger charge is 2.25. The second kappa shape index (κ2) is 7.87. The van der Waals surface area contributed by atoms with Crippen LogP contribution >= 0.6 is 0 Å². The van der Waals surface area contributed by atoms with Crippen LogP contribution in [0.3, 0.4) is 0 Å². The fourth-order valence-corrected chi connectivity index (χ4v) is 2.15. The fraction of sp³-hybridized carbons (Fsp3) is 0.533. The first-order valence-corrected chi connectivity index (χ1v) is 6.86. The van der Waals surface area contributed by atoms with E-state index in [1.54, 1.807) is 6.07 Å². The molecule has 0 heterocycles. The quantitative estimate of drug-likeness (QED) is 0.678. The molecule has 0 spiro atoms. The van der Waals surface area contributed by atoms with Crippen LogP contribution in [0, 0.1) is 6.92 Å².